The first-order valence-corrected chi connectivity index (χ1v) is 8.92. The summed E-state index contributed by atoms with van der Waals surface area (Å²) >= 11 is 0. The van der Waals surface area contributed by atoms with E-state index >= 15 is 0 Å². The fraction of sp³-hybridized carbons (Fsp3) is 0.632. The summed E-state index contributed by atoms with van der Waals surface area (Å²) in [6.07, 6.45) is 1.17. The van der Waals surface area contributed by atoms with Crippen LogP contribution in [0.4, 0.5) is 0 Å². The van der Waals surface area contributed by atoms with Crippen LogP contribution >= 0.6 is 0 Å². The Morgan fingerprint density at radius 3 is 2.79 bits per heavy atom. The number of nitrogens with zero attached hydrogens (tertiary/aromatic N) is 1. The molecule has 1 N–H and O–H groups in total. The normalized spacial score (nSPS) is 16.6. The Kier molecular flexibility index (Phi) is 7.53. The molecular formula is C19H30N2O3. The molecule has 5 nitrogen and oxygen atoms in total. The van der Waals surface area contributed by atoms with Crippen LogP contribution in [0.3, 0.4) is 0 Å². The van der Waals surface area contributed by atoms with Gasteiger partial charge in [0.2, 0.25) is 0 Å². The van der Waals surface area contributed by atoms with Crippen LogP contribution in [-0.4, -0.2) is 56.3 Å². The molecule has 1 heterocycles. The largest absolute Gasteiger partial charge is 0.480 e. The van der Waals surface area contributed by atoms with Crippen molar-refractivity contribution in [2.45, 2.75) is 39.7 Å². The van der Waals surface area contributed by atoms with Gasteiger partial charge in [0.05, 0.1) is 13.2 Å². The van der Waals surface area contributed by atoms with Gasteiger partial charge in [0.1, 0.15) is 5.75 Å². The molecule has 5 heteroatoms. The van der Waals surface area contributed by atoms with Crippen LogP contribution in [0.5, 0.6) is 5.75 Å². The number of amides is 1. The molecule has 1 aliphatic rings. The molecule has 1 aromatic carbocycles. The summed E-state index contributed by atoms with van der Waals surface area (Å²) < 4.78 is 11.3. The van der Waals surface area contributed by atoms with Gasteiger partial charge in [-0.05, 0) is 50.4 Å². The van der Waals surface area contributed by atoms with Gasteiger partial charge in [-0.3, -0.25) is 9.69 Å². The summed E-state index contributed by atoms with van der Waals surface area (Å²) in [6.45, 7) is 11.3. The average molecular weight is 334 g/mol. The zero-order valence-corrected chi connectivity index (χ0v) is 15.1. The molecule has 0 aliphatic carbocycles. The van der Waals surface area contributed by atoms with E-state index in [1.54, 1.807) is 0 Å². The molecule has 0 spiro atoms. The maximum Gasteiger partial charge on any atom is 0.261 e. The molecule has 1 aromatic rings. The lowest BCUT2D eigenvalue weighted by Gasteiger charge is -2.26. The highest BCUT2D eigenvalue weighted by molar-refractivity contribution is 5.81. The van der Waals surface area contributed by atoms with E-state index in [2.05, 4.69) is 23.2 Å². The Balaban J connectivity index is 1.75. The molecule has 24 heavy (non-hydrogen) atoms. The molecular weight excluding hydrogens is 304 g/mol. The van der Waals surface area contributed by atoms with E-state index < -0.39 is 6.10 Å². The monoisotopic (exact) mass is 334 g/mol. The first-order valence-electron chi connectivity index (χ1n) is 8.92. The zero-order chi connectivity index (χ0) is 17.4. The number of carbonyl (C=O) groups excluding carboxylic acids is 1. The second-order valence-electron chi connectivity index (χ2n) is 6.31. The minimum absolute atomic E-state index is 0.0274. The van der Waals surface area contributed by atoms with Crippen LogP contribution in [0.25, 0.3) is 0 Å². The topological polar surface area (TPSA) is 50.8 Å². The molecule has 0 bridgehead atoms. The maximum absolute atomic E-state index is 12.4. The number of nitrogens with one attached hydrogen (secondary N) is 1. The van der Waals surface area contributed by atoms with Gasteiger partial charge < -0.3 is 14.8 Å². The molecule has 134 valence electrons. The number of hydrogen-bond donors (Lipinski definition) is 1. The van der Waals surface area contributed by atoms with Gasteiger partial charge in [-0.2, -0.15) is 0 Å². The van der Waals surface area contributed by atoms with Crippen molar-refractivity contribution in [3.05, 3.63) is 29.3 Å². The third-order valence-electron chi connectivity index (χ3n) is 4.54. The third-order valence-corrected chi connectivity index (χ3v) is 4.54. The van der Waals surface area contributed by atoms with Gasteiger partial charge in [0.15, 0.2) is 6.10 Å². The van der Waals surface area contributed by atoms with Crippen molar-refractivity contribution in [1.82, 2.24) is 10.2 Å². The minimum Gasteiger partial charge on any atom is -0.480 e. The molecule has 0 saturated carbocycles. The number of aryl methyl sites for hydroxylation is 1. The Bertz CT molecular complexity index is 527. The smallest absolute Gasteiger partial charge is 0.261 e. The summed E-state index contributed by atoms with van der Waals surface area (Å²) in [4.78, 5) is 14.7. The predicted molar refractivity (Wildman–Crippen MR) is 95.5 cm³/mol. The molecule has 2 rings (SSSR count). The lowest BCUT2D eigenvalue weighted by atomic mass is 10.1. The van der Waals surface area contributed by atoms with Crippen LogP contribution in [0.1, 0.15) is 30.9 Å². The van der Waals surface area contributed by atoms with Gasteiger partial charge in [0.25, 0.3) is 5.91 Å². The fourth-order valence-corrected chi connectivity index (χ4v) is 2.78. The van der Waals surface area contributed by atoms with E-state index in [-0.39, 0.29) is 5.91 Å². The molecule has 1 fully saturated rings. The first-order chi connectivity index (χ1) is 11.6. The Hall–Kier alpha value is -1.59. The van der Waals surface area contributed by atoms with Crippen molar-refractivity contribution < 1.29 is 14.3 Å². The number of benzene rings is 1. The summed E-state index contributed by atoms with van der Waals surface area (Å²) in [7, 11) is 0. The van der Waals surface area contributed by atoms with E-state index in [4.69, 9.17) is 9.47 Å². The maximum atomic E-state index is 12.4. The third kappa shape index (κ3) is 5.49. The molecule has 0 radical (unpaired) electrons. The summed E-state index contributed by atoms with van der Waals surface area (Å²) in [5.74, 6) is 0.769. The van der Waals surface area contributed by atoms with Crippen molar-refractivity contribution in [2.24, 2.45) is 0 Å². The van der Waals surface area contributed by atoms with Crippen molar-refractivity contribution >= 4 is 5.91 Å². The summed E-state index contributed by atoms with van der Waals surface area (Å²) in [5, 5.41) is 3.01. The Morgan fingerprint density at radius 2 is 2.08 bits per heavy atom. The molecule has 1 saturated heterocycles. The molecule has 0 aromatic heterocycles. The highest BCUT2D eigenvalue weighted by Gasteiger charge is 2.19. The first kappa shape index (κ1) is 18.7. The summed E-state index contributed by atoms with van der Waals surface area (Å²) in [5.41, 5.74) is 2.27. The van der Waals surface area contributed by atoms with Crippen molar-refractivity contribution in [3.63, 3.8) is 0 Å². The van der Waals surface area contributed by atoms with E-state index in [9.17, 15) is 4.79 Å². The highest BCUT2D eigenvalue weighted by atomic mass is 16.5. The number of rotatable bonds is 8. The lowest BCUT2D eigenvalue weighted by Crippen LogP contribution is -2.41. The predicted octanol–water partition coefficient (Wildman–Crippen LogP) is 2.30. The average Bonchev–Trinajstić information content (AvgIpc) is 2.60. The second kappa shape index (κ2) is 9.64. The van der Waals surface area contributed by atoms with E-state index in [0.29, 0.717) is 13.0 Å². The van der Waals surface area contributed by atoms with Crippen LogP contribution in [0.2, 0.25) is 0 Å². The zero-order valence-electron chi connectivity index (χ0n) is 15.1. The fourth-order valence-electron chi connectivity index (χ4n) is 2.78. The van der Waals surface area contributed by atoms with Crippen LogP contribution in [-0.2, 0) is 9.53 Å². The van der Waals surface area contributed by atoms with Gasteiger partial charge in [-0.25, -0.2) is 0 Å². The molecule has 1 amide bonds. The molecule has 1 aliphatic heterocycles. The number of carbonyl (C=O) groups is 1. The van der Waals surface area contributed by atoms with Gasteiger partial charge >= 0.3 is 0 Å². The molecule has 0 unspecified atom stereocenters. The SMILES string of the molecule is CC[C@@H](Oc1cccc(C)c1C)C(=O)NCCCN1CCOCC1. The van der Waals surface area contributed by atoms with Crippen molar-refractivity contribution in [2.75, 3.05) is 39.4 Å². The number of hydrogen-bond acceptors (Lipinski definition) is 4. The van der Waals surface area contributed by atoms with Gasteiger partial charge in [0, 0.05) is 19.6 Å². The van der Waals surface area contributed by atoms with Crippen LogP contribution in [0, 0.1) is 13.8 Å². The van der Waals surface area contributed by atoms with E-state index in [0.717, 1.165) is 50.6 Å². The van der Waals surface area contributed by atoms with E-state index in [1.165, 1.54) is 5.56 Å². The quantitative estimate of drug-likeness (QED) is 0.741. The van der Waals surface area contributed by atoms with E-state index in [1.807, 2.05) is 26.0 Å². The number of morpholine rings is 1. The van der Waals surface area contributed by atoms with Crippen molar-refractivity contribution in [1.29, 1.82) is 0 Å². The van der Waals surface area contributed by atoms with Crippen LogP contribution < -0.4 is 10.1 Å². The van der Waals surface area contributed by atoms with Crippen LogP contribution in [0.15, 0.2) is 18.2 Å². The lowest BCUT2D eigenvalue weighted by molar-refractivity contribution is -0.128. The Morgan fingerprint density at radius 1 is 1.33 bits per heavy atom. The van der Waals surface area contributed by atoms with Gasteiger partial charge in [-0.1, -0.05) is 19.1 Å². The Labute approximate surface area is 145 Å². The number of ether oxygens (including phenoxy) is 2. The minimum atomic E-state index is -0.436. The summed E-state index contributed by atoms with van der Waals surface area (Å²) in [6, 6.07) is 5.94. The van der Waals surface area contributed by atoms with Crippen molar-refractivity contribution in [3.8, 4) is 5.75 Å². The highest BCUT2D eigenvalue weighted by Crippen LogP contribution is 2.22. The molecule has 1 atom stereocenters. The second-order valence-corrected chi connectivity index (χ2v) is 6.31. The van der Waals surface area contributed by atoms with Gasteiger partial charge in [-0.15, -0.1) is 0 Å². The standard InChI is InChI=1S/C19H30N2O3/c1-4-17(24-18-8-5-7-15(2)16(18)3)19(22)20-9-6-10-21-11-13-23-14-12-21/h5,7-8,17H,4,6,9-14H2,1-3H3,(H,20,22)/t17-/m1/s1.